The Morgan fingerprint density at radius 2 is 1.33 bits per heavy atom. The summed E-state index contributed by atoms with van der Waals surface area (Å²) in [5.74, 6) is 0. The summed E-state index contributed by atoms with van der Waals surface area (Å²) in [5.41, 5.74) is 3.22. The lowest BCUT2D eigenvalue weighted by atomic mass is 10.5. The van der Waals surface area contributed by atoms with E-state index in [1.54, 1.807) is 27.4 Å². The summed E-state index contributed by atoms with van der Waals surface area (Å²) >= 11 is 20.7. The first-order valence-electron chi connectivity index (χ1n) is 6.69. The van der Waals surface area contributed by atoms with E-state index in [0.29, 0.717) is 21.0 Å². The van der Waals surface area contributed by atoms with Gasteiger partial charge in [0.05, 0.1) is 33.3 Å². The summed E-state index contributed by atoms with van der Waals surface area (Å²) in [6.45, 7) is 3.79. The third kappa shape index (κ3) is 3.64. The normalized spacial score (nSPS) is 10.9. The van der Waals surface area contributed by atoms with Crippen LogP contribution >= 0.6 is 50.7 Å². The molecule has 4 aromatic rings. The molecule has 0 N–H and O–H groups in total. The van der Waals surface area contributed by atoms with Crippen molar-refractivity contribution in [1.82, 2.24) is 29.2 Å². The minimum absolute atomic E-state index is 0.366. The van der Waals surface area contributed by atoms with Gasteiger partial charge in [0.15, 0.2) is 21.6 Å². The highest BCUT2D eigenvalue weighted by Gasteiger charge is 2.05. The SMILES string of the molecule is Cc1cn2nc(Cl)cc(Br)c2n1.Cc1cn2nc(Cl)cc(Cl)c2n1. The Morgan fingerprint density at radius 1 is 0.833 bits per heavy atom. The molecule has 0 bridgehead atoms. The van der Waals surface area contributed by atoms with Crippen LogP contribution < -0.4 is 0 Å². The molecule has 0 unspecified atom stereocenters. The van der Waals surface area contributed by atoms with Crippen molar-refractivity contribution in [1.29, 1.82) is 0 Å². The summed E-state index contributed by atoms with van der Waals surface area (Å²) in [5, 5.41) is 9.37. The van der Waals surface area contributed by atoms with Crippen molar-refractivity contribution >= 4 is 62.0 Å². The van der Waals surface area contributed by atoms with Crippen LogP contribution in [0.3, 0.4) is 0 Å². The molecule has 0 amide bonds. The van der Waals surface area contributed by atoms with Gasteiger partial charge < -0.3 is 0 Å². The van der Waals surface area contributed by atoms with Crippen LogP contribution in [0.5, 0.6) is 0 Å². The first kappa shape index (κ1) is 17.4. The van der Waals surface area contributed by atoms with Gasteiger partial charge >= 0.3 is 0 Å². The third-order valence-electron chi connectivity index (χ3n) is 2.94. The minimum Gasteiger partial charge on any atom is -0.231 e. The first-order chi connectivity index (χ1) is 11.3. The second-order valence-electron chi connectivity index (χ2n) is 4.93. The van der Waals surface area contributed by atoms with Crippen molar-refractivity contribution < 1.29 is 0 Å². The molecule has 24 heavy (non-hydrogen) atoms. The molecule has 0 saturated heterocycles. The Kier molecular flexibility index (Phi) is 4.96. The lowest BCUT2D eigenvalue weighted by Gasteiger charge is -1.94. The number of hydrogen-bond donors (Lipinski definition) is 0. The number of aryl methyl sites for hydroxylation is 2. The zero-order valence-corrected chi connectivity index (χ0v) is 16.4. The van der Waals surface area contributed by atoms with Crippen molar-refractivity contribution in [2.24, 2.45) is 0 Å². The molecule has 0 aliphatic heterocycles. The number of hydrogen-bond acceptors (Lipinski definition) is 4. The van der Waals surface area contributed by atoms with Crippen LogP contribution in [0.15, 0.2) is 29.0 Å². The topological polar surface area (TPSA) is 60.4 Å². The second-order valence-corrected chi connectivity index (χ2v) is 6.97. The predicted octanol–water partition coefficient (Wildman–Crippen LogP) is 4.80. The predicted molar refractivity (Wildman–Crippen MR) is 98.2 cm³/mol. The molecule has 0 fully saturated rings. The Hall–Kier alpha value is -1.41. The summed E-state index contributed by atoms with van der Waals surface area (Å²) in [6, 6.07) is 3.30. The standard InChI is InChI=1S/C7H5BrClN3.C7H5Cl2N3/c2*1-4-3-12-7(10-4)5(8)2-6(9)11-12/h2*2-3H,1H3. The van der Waals surface area contributed by atoms with Gasteiger partial charge in [0.1, 0.15) is 0 Å². The van der Waals surface area contributed by atoms with E-state index in [2.05, 4.69) is 36.1 Å². The molecule has 124 valence electrons. The quantitative estimate of drug-likeness (QED) is 0.388. The van der Waals surface area contributed by atoms with Gasteiger partial charge in [-0.15, -0.1) is 0 Å². The smallest absolute Gasteiger partial charge is 0.172 e. The van der Waals surface area contributed by atoms with Gasteiger partial charge in [-0.1, -0.05) is 34.8 Å². The maximum atomic E-state index is 5.87. The molecule has 4 heterocycles. The number of rotatable bonds is 0. The zero-order valence-electron chi connectivity index (χ0n) is 12.5. The fraction of sp³-hybridized carbons (Fsp3) is 0.143. The minimum atomic E-state index is 0.366. The van der Waals surface area contributed by atoms with Crippen molar-refractivity contribution in [2.45, 2.75) is 13.8 Å². The van der Waals surface area contributed by atoms with Gasteiger partial charge in [-0.05, 0) is 41.9 Å². The summed E-state index contributed by atoms with van der Waals surface area (Å²) in [4.78, 5) is 8.41. The lowest BCUT2D eigenvalue weighted by Crippen LogP contribution is -1.90. The van der Waals surface area contributed by atoms with Crippen molar-refractivity contribution in [2.75, 3.05) is 0 Å². The van der Waals surface area contributed by atoms with Crippen molar-refractivity contribution in [3.8, 4) is 0 Å². The molecule has 0 atom stereocenters. The second kappa shape index (κ2) is 6.84. The van der Waals surface area contributed by atoms with E-state index >= 15 is 0 Å². The third-order valence-corrected chi connectivity index (χ3v) is 4.17. The van der Waals surface area contributed by atoms with Crippen LogP contribution in [0.25, 0.3) is 11.3 Å². The molecule has 0 radical (unpaired) electrons. The highest BCUT2D eigenvalue weighted by Crippen LogP contribution is 2.20. The number of nitrogens with zero attached hydrogens (tertiary/aromatic N) is 6. The Morgan fingerprint density at radius 3 is 1.96 bits per heavy atom. The van der Waals surface area contributed by atoms with Crippen LogP contribution in [0.2, 0.25) is 15.3 Å². The number of halogens is 4. The molecule has 0 aliphatic carbocycles. The van der Waals surface area contributed by atoms with Gasteiger partial charge in [-0.2, -0.15) is 10.2 Å². The first-order valence-corrected chi connectivity index (χ1v) is 8.62. The summed E-state index contributed by atoms with van der Waals surface area (Å²) in [6.07, 6.45) is 3.60. The van der Waals surface area contributed by atoms with E-state index in [4.69, 9.17) is 34.8 Å². The van der Waals surface area contributed by atoms with Crippen LogP contribution in [0, 0.1) is 13.8 Å². The van der Waals surface area contributed by atoms with E-state index < -0.39 is 0 Å². The van der Waals surface area contributed by atoms with E-state index in [1.807, 2.05) is 20.0 Å². The molecule has 0 aromatic carbocycles. The highest BCUT2D eigenvalue weighted by atomic mass is 79.9. The summed E-state index contributed by atoms with van der Waals surface area (Å²) in [7, 11) is 0. The van der Waals surface area contributed by atoms with Gasteiger partial charge in [-0.3, -0.25) is 0 Å². The summed E-state index contributed by atoms with van der Waals surface area (Å²) < 4.78 is 4.08. The molecule has 4 rings (SSSR count). The molecule has 0 saturated carbocycles. The molecular formula is C14H10BrCl3N6. The van der Waals surface area contributed by atoms with Crippen molar-refractivity contribution in [3.63, 3.8) is 0 Å². The Labute approximate surface area is 160 Å². The highest BCUT2D eigenvalue weighted by molar-refractivity contribution is 9.10. The molecule has 10 heteroatoms. The van der Waals surface area contributed by atoms with Crippen LogP contribution in [0.4, 0.5) is 0 Å². The fourth-order valence-corrected chi connectivity index (χ4v) is 3.34. The molecular weight excluding hydrogens is 438 g/mol. The van der Waals surface area contributed by atoms with E-state index in [-0.39, 0.29) is 0 Å². The van der Waals surface area contributed by atoms with Crippen LogP contribution in [-0.2, 0) is 0 Å². The monoisotopic (exact) mass is 446 g/mol. The fourth-order valence-electron chi connectivity index (χ4n) is 2.05. The maximum Gasteiger partial charge on any atom is 0.172 e. The number of imidazole rings is 2. The maximum absolute atomic E-state index is 5.87. The number of aromatic nitrogens is 6. The lowest BCUT2D eigenvalue weighted by molar-refractivity contribution is 0.931. The molecule has 4 aromatic heterocycles. The van der Waals surface area contributed by atoms with Crippen molar-refractivity contribution in [3.05, 3.63) is 55.7 Å². The van der Waals surface area contributed by atoms with Crippen LogP contribution in [-0.4, -0.2) is 29.2 Å². The molecule has 0 aliphatic rings. The van der Waals surface area contributed by atoms with Gasteiger partial charge in [-0.25, -0.2) is 19.0 Å². The van der Waals surface area contributed by atoms with Gasteiger partial charge in [0.2, 0.25) is 0 Å². The Balaban J connectivity index is 0.000000141. The zero-order chi connectivity index (χ0) is 17.4. The van der Waals surface area contributed by atoms with E-state index in [0.717, 1.165) is 21.5 Å². The van der Waals surface area contributed by atoms with Crippen LogP contribution in [0.1, 0.15) is 11.4 Å². The van der Waals surface area contributed by atoms with E-state index in [1.165, 1.54) is 0 Å². The molecule has 6 nitrogen and oxygen atoms in total. The molecule has 0 spiro atoms. The van der Waals surface area contributed by atoms with Gasteiger partial charge in [0, 0.05) is 0 Å². The average molecular weight is 449 g/mol. The number of fused-ring (bicyclic) bond motifs is 2. The average Bonchev–Trinajstić information content (AvgIpc) is 3.01. The largest absolute Gasteiger partial charge is 0.231 e. The Bertz CT molecular complexity index is 958. The van der Waals surface area contributed by atoms with Gasteiger partial charge in [0.25, 0.3) is 0 Å². The van der Waals surface area contributed by atoms with E-state index in [9.17, 15) is 0 Å².